The first kappa shape index (κ1) is 20.2. The fourth-order valence-corrected chi connectivity index (χ4v) is 4.99. The Kier molecular flexibility index (Phi) is 5.33. The van der Waals surface area contributed by atoms with Crippen molar-refractivity contribution in [2.24, 2.45) is 0 Å². The summed E-state index contributed by atoms with van der Waals surface area (Å²) in [6, 6.07) is 7.33. The van der Waals surface area contributed by atoms with Gasteiger partial charge >= 0.3 is 0 Å². The molecule has 0 radical (unpaired) electrons. The first-order valence-electron chi connectivity index (χ1n) is 9.11. The molecule has 0 bridgehead atoms. The molecule has 1 aliphatic rings. The zero-order chi connectivity index (χ0) is 20.9. The van der Waals surface area contributed by atoms with Gasteiger partial charge in [-0.25, -0.2) is 0 Å². The molecular formula is C21H19BrClNO5. The highest BCUT2D eigenvalue weighted by Gasteiger charge is 2.36. The molecule has 0 amide bonds. The minimum atomic E-state index is -0.422. The minimum Gasteiger partial charge on any atom is -0.507 e. The first-order chi connectivity index (χ1) is 13.8. The summed E-state index contributed by atoms with van der Waals surface area (Å²) >= 11 is 9.44. The van der Waals surface area contributed by atoms with Crippen molar-refractivity contribution in [3.63, 3.8) is 0 Å². The third-order valence-corrected chi connectivity index (χ3v) is 6.47. The quantitative estimate of drug-likeness (QED) is 0.523. The van der Waals surface area contributed by atoms with Crippen LogP contribution in [0, 0.1) is 0 Å². The average molecular weight is 481 g/mol. The Morgan fingerprint density at radius 1 is 1.24 bits per heavy atom. The highest BCUT2D eigenvalue weighted by atomic mass is 79.9. The van der Waals surface area contributed by atoms with Gasteiger partial charge in [0.25, 0.3) is 0 Å². The lowest BCUT2D eigenvalue weighted by Crippen LogP contribution is -2.32. The topological polar surface area (TPSA) is 94.1 Å². The van der Waals surface area contributed by atoms with Crippen LogP contribution in [0.5, 0.6) is 11.5 Å². The fraction of sp³-hybridized carbons (Fsp3) is 0.286. The number of phenolic OH excluding ortho intramolecular Hbond substituents is 2. The fourth-order valence-electron chi connectivity index (χ4n) is 4.11. The van der Waals surface area contributed by atoms with Gasteiger partial charge in [0.05, 0.1) is 6.61 Å². The normalized spacial score (nSPS) is 19.9. The van der Waals surface area contributed by atoms with E-state index in [0.29, 0.717) is 27.0 Å². The van der Waals surface area contributed by atoms with Crippen molar-refractivity contribution >= 4 is 38.5 Å². The Morgan fingerprint density at radius 2 is 2.00 bits per heavy atom. The van der Waals surface area contributed by atoms with Crippen LogP contribution in [0.15, 0.2) is 44.0 Å². The number of nitrogens with zero attached hydrogens (tertiary/aromatic N) is 1. The van der Waals surface area contributed by atoms with E-state index >= 15 is 0 Å². The van der Waals surface area contributed by atoms with Crippen molar-refractivity contribution in [3.05, 3.63) is 55.6 Å². The molecule has 29 heavy (non-hydrogen) atoms. The van der Waals surface area contributed by atoms with E-state index in [1.165, 1.54) is 12.1 Å². The van der Waals surface area contributed by atoms with Gasteiger partial charge in [0.2, 0.25) is 0 Å². The highest BCUT2D eigenvalue weighted by Crippen LogP contribution is 2.44. The molecule has 1 fully saturated rings. The van der Waals surface area contributed by atoms with Gasteiger partial charge < -0.3 is 24.6 Å². The van der Waals surface area contributed by atoms with Crippen molar-refractivity contribution in [2.45, 2.75) is 18.4 Å². The molecule has 1 aromatic heterocycles. The largest absolute Gasteiger partial charge is 0.507 e. The summed E-state index contributed by atoms with van der Waals surface area (Å²) in [5.41, 5.74) is 0.744. The van der Waals surface area contributed by atoms with Gasteiger partial charge in [-0.05, 0) is 54.1 Å². The lowest BCUT2D eigenvalue weighted by atomic mass is 9.89. The molecule has 1 aliphatic heterocycles. The van der Waals surface area contributed by atoms with Crippen molar-refractivity contribution in [1.82, 2.24) is 4.90 Å². The third-order valence-electron chi connectivity index (χ3n) is 5.58. The molecule has 2 aromatic carbocycles. The monoisotopic (exact) mass is 479 g/mol. The number of halogens is 2. The van der Waals surface area contributed by atoms with Crippen LogP contribution in [0.3, 0.4) is 0 Å². The van der Waals surface area contributed by atoms with E-state index in [2.05, 4.69) is 15.9 Å². The Labute approximate surface area is 180 Å². The maximum atomic E-state index is 12.9. The lowest BCUT2D eigenvalue weighted by Gasteiger charge is -2.24. The molecule has 1 saturated heterocycles. The summed E-state index contributed by atoms with van der Waals surface area (Å²) in [6.45, 7) is 0.625. The first-order valence-corrected chi connectivity index (χ1v) is 10.3. The molecule has 2 atom stereocenters. The van der Waals surface area contributed by atoms with E-state index in [0.717, 1.165) is 6.54 Å². The van der Waals surface area contributed by atoms with Crippen LogP contribution in [-0.4, -0.2) is 46.5 Å². The predicted molar refractivity (Wildman–Crippen MR) is 115 cm³/mol. The van der Waals surface area contributed by atoms with Crippen molar-refractivity contribution in [3.8, 4) is 22.8 Å². The Hall–Kier alpha value is -2.06. The number of phenols is 2. The second-order valence-corrected chi connectivity index (χ2v) is 8.55. The van der Waals surface area contributed by atoms with Crippen LogP contribution in [-0.2, 0) is 0 Å². The molecule has 0 spiro atoms. The standard InChI is InChI=1S/C21H19BrClNO5/c1-24-5-4-12(14(24)9-25)19-15(26)7-16(27)20-17(28)8-18(29-21(19)20)11-3-2-10(23)6-13(11)22/h2-3,6-8,12,14,25-27H,4-5,9H2,1H3. The van der Waals surface area contributed by atoms with Crippen LogP contribution in [0.4, 0.5) is 0 Å². The second kappa shape index (κ2) is 7.65. The molecule has 8 heteroatoms. The van der Waals surface area contributed by atoms with Gasteiger partial charge in [0, 0.05) is 44.7 Å². The average Bonchev–Trinajstić information content (AvgIpc) is 3.01. The zero-order valence-electron chi connectivity index (χ0n) is 15.5. The molecule has 2 heterocycles. The molecule has 3 aromatic rings. The number of aromatic hydroxyl groups is 2. The molecule has 0 saturated carbocycles. The molecule has 6 nitrogen and oxygen atoms in total. The van der Waals surface area contributed by atoms with Crippen LogP contribution in [0.2, 0.25) is 5.02 Å². The van der Waals surface area contributed by atoms with Crippen molar-refractivity contribution < 1.29 is 19.7 Å². The summed E-state index contributed by atoms with van der Waals surface area (Å²) in [7, 11) is 1.90. The van der Waals surface area contributed by atoms with E-state index < -0.39 is 5.43 Å². The SMILES string of the molecule is CN1CCC(c2c(O)cc(O)c3c(=O)cc(-c4ccc(Cl)cc4Br)oc23)C1CO. The van der Waals surface area contributed by atoms with Gasteiger partial charge in [0.15, 0.2) is 5.43 Å². The van der Waals surface area contributed by atoms with Crippen molar-refractivity contribution in [2.75, 3.05) is 20.2 Å². The number of rotatable bonds is 3. The molecule has 0 aliphatic carbocycles. The molecule has 2 unspecified atom stereocenters. The number of hydrogen-bond donors (Lipinski definition) is 3. The lowest BCUT2D eigenvalue weighted by molar-refractivity contribution is 0.172. The minimum absolute atomic E-state index is 0.0119. The molecular weight excluding hydrogens is 462 g/mol. The summed E-state index contributed by atoms with van der Waals surface area (Å²) in [5.74, 6) is -0.475. The van der Waals surface area contributed by atoms with Gasteiger partial charge in [-0.15, -0.1) is 0 Å². The summed E-state index contributed by atoms with van der Waals surface area (Å²) in [6.07, 6.45) is 0.674. The van der Waals surface area contributed by atoms with E-state index in [4.69, 9.17) is 16.0 Å². The number of aliphatic hydroxyl groups excluding tert-OH is 1. The van der Waals surface area contributed by atoms with E-state index in [-0.39, 0.29) is 46.8 Å². The van der Waals surface area contributed by atoms with Crippen LogP contribution < -0.4 is 5.43 Å². The number of likely N-dealkylation sites (N-methyl/N-ethyl adjacent to an activating group) is 1. The molecule has 4 rings (SSSR count). The smallest absolute Gasteiger partial charge is 0.197 e. The predicted octanol–water partition coefficient (Wildman–Crippen LogP) is 4.07. The number of likely N-dealkylation sites (tertiary alicyclic amines) is 1. The number of benzene rings is 2. The maximum Gasteiger partial charge on any atom is 0.197 e. The third kappa shape index (κ3) is 3.42. The van der Waals surface area contributed by atoms with Gasteiger partial charge in [-0.3, -0.25) is 4.79 Å². The number of fused-ring (bicyclic) bond motifs is 1. The van der Waals surface area contributed by atoms with Crippen molar-refractivity contribution in [1.29, 1.82) is 0 Å². The highest BCUT2D eigenvalue weighted by molar-refractivity contribution is 9.10. The van der Waals surface area contributed by atoms with E-state index in [1.807, 2.05) is 11.9 Å². The second-order valence-electron chi connectivity index (χ2n) is 7.26. The zero-order valence-corrected chi connectivity index (χ0v) is 17.9. The van der Waals surface area contributed by atoms with Gasteiger partial charge in [-0.1, -0.05) is 11.6 Å². The van der Waals surface area contributed by atoms with Gasteiger partial charge in [0.1, 0.15) is 28.2 Å². The Balaban J connectivity index is 2.01. The Morgan fingerprint density at radius 3 is 2.69 bits per heavy atom. The number of aliphatic hydroxyl groups is 1. The van der Waals surface area contributed by atoms with E-state index in [1.54, 1.807) is 18.2 Å². The van der Waals surface area contributed by atoms with Gasteiger partial charge in [-0.2, -0.15) is 0 Å². The van der Waals surface area contributed by atoms with Crippen LogP contribution in [0.25, 0.3) is 22.3 Å². The maximum absolute atomic E-state index is 12.9. The van der Waals surface area contributed by atoms with Crippen LogP contribution in [0.1, 0.15) is 17.9 Å². The Bertz CT molecular complexity index is 1160. The van der Waals surface area contributed by atoms with Crippen LogP contribution >= 0.6 is 27.5 Å². The summed E-state index contributed by atoms with van der Waals surface area (Å²) < 4.78 is 6.74. The summed E-state index contributed by atoms with van der Waals surface area (Å²) in [4.78, 5) is 14.9. The molecule has 3 N–H and O–H groups in total. The number of hydrogen-bond acceptors (Lipinski definition) is 6. The van der Waals surface area contributed by atoms with E-state index in [9.17, 15) is 20.1 Å². The molecule has 152 valence electrons. The summed E-state index contributed by atoms with van der Waals surface area (Å²) in [5, 5.41) is 31.4.